The number of ether oxygens (including phenoxy) is 4. The van der Waals surface area contributed by atoms with Crippen LogP contribution in [0.1, 0.15) is 61.9 Å². The van der Waals surface area contributed by atoms with Crippen LogP contribution in [0.3, 0.4) is 0 Å². The number of methoxy groups -OCH3 is 2. The van der Waals surface area contributed by atoms with Crippen molar-refractivity contribution in [3.8, 4) is 11.5 Å². The second-order valence-electron chi connectivity index (χ2n) is 9.85. The zero-order valence-corrected chi connectivity index (χ0v) is 22.2. The highest BCUT2D eigenvalue weighted by atomic mass is 16.6. The molecule has 0 N–H and O–H groups in total. The number of cyclic esters (lactones) is 1. The van der Waals surface area contributed by atoms with Gasteiger partial charge in [0.05, 0.1) is 26.9 Å². The van der Waals surface area contributed by atoms with Crippen molar-refractivity contribution in [2.45, 2.75) is 57.4 Å². The van der Waals surface area contributed by atoms with Crippen LogP contribution in [0.5, 0.6) is 11.5 Å². The Morgan fingerprint density at radius 3 is 2.30 bits per heavy atom. The Morgan fingerprint density at radius 2 is 1.62 bits per heavy atom. The van der Waals surface area contributed by atoms with Crippen LogP contribution in [-0.2, 0) is 16.1 Å². The molecule has 0 aromatic heterocycles. The van der Waals surface area contributed by atoms with Crippen molar-refractivity contribution in [1.29, 1.82) is 0 Å². The molecule has 0 radical (unpaired) electrons. The van der Waals surface area contributed by atoms with E-state index in [1.807, 2.05) is 73.3 Å². The molecule has 1 fully saturated rings. The van der Waals surface area contributed by atoms with Gasteiger partial charge in [0, 0.05) is 18.2 Å². The SMILES string of the molecule is COc1ccc([C@@H](CCCCOCc2ccccc2)N2C(=O)OC(C)(C)[C@H]2c2ccccc2)c(OC)c1. The minimum Gasteiger partial charge on any atom is -0.497 e. The van der Waals surface area contributed by atoms with E-state index in [1.165, 1.54) is 0 Å². The number of carbonyl (C=O) groups excluding carboxylic acids is 1. The van der Waals surface area contributed by atoms with Crippen LogP contribution in [-0.4, -0.2) is 37.4 Å². The van der Waals surface area contributed by atoms with Crippen LogP contribution in [0.2, 0.25) is 0 Å². The summed E-state index contributed by atoms with van der Waals surface area (Å²) < 4.78 is 23.0. The van der Waals surface area contributed by atoms with Crippen LogP contribution in [0, 0.1) is 0 Å². The number of rotatable bonds is 12. The van der Waals surface area contributed by atoms with E-state index in [9.17, 15) is 4.79 Å². The third-order valence-corrected chi connectivity index (χ3v) is 6.88. The molecule has 1 saturated heterocycles. The third kappa shape index (κ3) is 6.25. The Morgan fingerprint density at radius 1 is 0.919 bits per heavy atom. The predicted octanol–water partition coefficient (Wildman–Crippen LogP) is 7.10. The zero-order chi connectivity index (χ0) is 26.3. The van der Waals surface area contributed by atoms with Gasteiger partial charge in [0.25, 0.3) is 0 Å². The van der Waals surface area contributed by atoms with Crippen LogP contribution < -0.4 is 9.47 Å². The lowest BCUT2D eigenvalue weighted by molar-refractivity contribution is 0.0667. The summed E-state index contributed by atoms with van der Waals surface area (Å²) in [6.07, 6.45) is 2.18. The van der Waals surface area contributed by atoms with Gasteiger partial charge in [0.1, 0.15) is 23.1 Å². The molecule has 4 rings (SSSR count). The molecule has 0 saturated carbocycles. The van der Waals surface area contributed by atoms with Crippen molar-refractivity contribution >= 4 is 6.09 Å². The number of unbranched alkanes of at least 4 members (excludes halogenated alkanes) is 1. The molecule has 196 valence electrons. The van der Waals surface area contributed by atoms with Crippen LogP contribution in [0.15, 0.2) is 78.9 Å². The molecule has 0 spiro atoms. The zero-order valence-electron chi connectivity index (χ0n) is 22.2. The molecule has 0 bridgehead atoms. The topological polar surface area (TPSA) is 57.2 Å². The monoisotopic (exact) mass is 503 g/mol. The standard InChI is InChI=1S/C31H37NO5/c1-31(2)29(24-15-9-6-10-16-24)32(30(33)37-31)27(26-19-18-25(34-3)21-28(26)35-4)17-11-12-20-36-22-23-13-7-5-8-14-23/h5-10,13-16,18-19,21,27,29H,11-12,17,20,22H2,1-4H3/t27-,29-/m1/s1. The number of benzene rings is 3. The summed E-state index contributed by atoms with van der Waals surface area (Å²) in [5.41, 5.74) is 2.46. The second-order valence-corrected chi connectivity index (χ2v) is 9.85. The Hall–Kier alpha value is -3.51. The average molecular weight is 504 g/mol. The first kappa shape index (κ1) is 26.6. The van der Waals surface area contributed by atoms with Gasteiger partial charge in [-0.05, 0) is 56.4 Å². The molecular formula is C31H37NO5. The number of nitrogens with zero attached hydrogens (tertiary/aromatic N) is 1. The van der Waals surface area contributed by atoms with E-state index in [-0.39, 0.29) is 18.2 Å². The van der Waals surface area contributed by atoms with Crippen molar-refractivity contribution in [2.24, 2.45) is 0 Å². The van der Waals surface area contributed by atoms with Crippen LogP contribution in [0.4, 0.5) is 4.79 Å². The Balaban J connectivity index is 1.57. The summed E-state index contributed by atoms with van der Waals surface area (Å²) in [5.74, 6) is 1.39. The van der Waals surface area contributed by atoms with Crippen molar-refractivity contribution in [2.75, 3.05) is 20.8 Å². The fourth-order valence-corrected chi connectivity index (χ4v) is 5.12. The molecule has 3 aromatic carbocycles. The first-order valence-corrected chi connectivity index (χ1v) is 12.8. The van der Waals surface area contributed by atoms with E-state index in [1.54, 1.807) is 14.2 Å². The van der Waals surface area contributed by atoms with E-state index < -0.39 is 5.60 Å². The quantitative estimate of drug-likeness (QED) is 0.247. The van der Waals surface area contributed by atoms with Gasteiger partial charge >= 0.3 is 6.09 Å². The summed E-state index contributed by atoms with van der Waals surface area (Å²) in [4.78, 5) is 15.3. The Bertz CT molecular complexity index is 1150. The molecular weight excluding hydrogens is 466 g/mol. The summed E-state index contributed by atoms with van der Waals surface area (Å²) in [6, 6.07) is 25.6. The summed E-state index contributed by atoms with van der Waals surface area (Å²) in [7, 11) is 3.28. The number of hydrogen-bond acceptors (Lipinski definition) is 5. The van der Waals surface area contributed by atoms with Gasteiger partial charge < -0.3 is 18.9 Å². The van der Waals surface area contributed by atoms with Gasteiger partial charge in [0.2, 0.25) is 0 Å². The average Bonchev–Trinajstić information content (AvgIpc) is 3.16. The lowest BCUT2D eigenvalue weighted by atomic mass is 9.88. The van der Waals surface area contributed by atoms with Crippen molar-refractivity contribution in [1.82, 2.24) is 4.90 Å². The maximum atomic E-state index is 13.4. The van der Waals surface area contributed by atoms with Gasteiger partial charge in [-0.2, -0.15) is 0 Å². The van der Waals surface area contributed by atoms with Crippen molar-refractivity contribution in [3.63, 3.8) is 0 Å². The maximum Gasteiger partial charge on any atom is 0.411 e. The number of hydrogen-bond donors (Lipinski definition) is 0. The molecule has 0 aliphatic carbocycles. The lowest BCUT2D eigenvalue weighted by Crippen LogP contribution is -2.36. The molecule has 6 heteroatoms. The highest BCUT2D eigenvalue weighted by Crippen LogP contribution is 2.48. The van der Waals surface area contributed by atoms with Crippen molar-refractivity contribution < 1.29 is 23.7 Å². The molecule has 37 heavy (non-hydrogen) atoms. The summed E-state index contributed by atoms with van der Waals surface area (Å²) in [6.45, 7) is 5.20. The van der Waals surface area contributed by atoms with Gasteiger partial charge in [-0.25, -0.2) is 4.79 Å². The lowest BCUT2D eigenvalue weighted by Gasteiger charge is -2.35. The summed E-state index contributed by atoms with van der Waals surface area (Å²) in [5, 5.41) is 0. The number of amides is 1. The largest absolute Gasteiger partial charge is 0.497 e. The molecule has 6 nitrogen and oxygen atoms in total. The van der Waals surface area contributed by atoms with E-state index in [0.29, 0.717) is 24.7 Å². The summed E-state index contributed by atoms with van der Waals surface area (Å²) >= 11 is 0. The van der Waals surface area contributed by atoms with Gasteiger partial charge in [-0.15, -0.1) is 0 Å². The fraction of sp³-hybridized carbons (Fsp3) is 0.387. The Labute approximate surface area is 220 Å². The van der Waals surface area contributed by atoms with Crippen LogP contribution >= 0.6 is 0 Å². The molecule has 3 aromatic rings. The van der Waals surface area contributed by atoms with E-state index >= 15 is 0 Å². The van der Waals surface area contributed by atoms with Crippen molar-refractivity contribution in [3.05, 3.63) is 95.6 Å². The molecule has 0 unspecified atom stereocenters. The fourth-order valence-electron chi connectivity index (χ4n) is 5.12. The van der Waals surface area contributed by atoms with Gasteiger partial charge in [0.15, 0.2) is 0 Å². The highest BCUT2D eigenvalue weighted by molar-refractivity contribution is 5.73. The first-order valence-electron chi connectivity index (χ1n) is 12.8. The Kier molecular flexibility index (Phi) is 8.72. The smallest absolute Gasteiger partial charge is 0.411 e. The minimum atomic E-state index is -0.685. The maximum absolute atomic E-state index is 13.4. The van der Waals surface area contributed by atoms with E-state index in [4.69, 9.17) is 18.9 Å². The second kappa shape index (κ2) is 12.2. The number of carbonyl (C=O) groups is 1. The molecule has 1 aliphatic rings. The molecule has 1 heterocycles. The van der Waals surface area contributed by atoms with E-state index in [0.717, 1.165) is 36.0 Å². The highest BCUT2D eigenvalue weighted by Gasteiger charge is 2.51. The molecule has 1 amide bonds. The minimum absolute atomic E-state index is 0.241. The van der Waals surface area contributed by atoms with Crippen LogP contribution in [0.25, 0.3) is 0 Å². The predicted molar refractivity (Wildman–Crippen MR) is 144 cm³/mol. The molecule has 2 atom stereocenters. The first-order chi connectivity index (χ1) is 17.9. The van der Waals surface area contributed by atoms with E-state index in [2.05, 4.69) is 24.3 Å². The normalized spacial score (nSPS) is 17.4. The van der Waals surface area contributed by atoms with Gasteiger partial charge in [-0.1, -0.05) is 60.7 Å². The molecule has 1 aliphatic heterocycles. The van der Waals surface area contributed by atoms with Gasteiger partial charge in [-0.3, -0.25) is 4.90 Å². The third-order valence-electron chi connectivity index (χ3n) is 6.88.